The van der Waals surface area contributed by atoms with E-state index >= 15 is 0 Å². The van der Waals surface area contributed by atoms with Gasteiger partial charge in [-0.3, -0.25) is 15.2 Å². The van der Waals surface area contributed by atoms with Gasteiger partial charge in [-0.25, -0.2) is 9.59 Å². The molecule has 2 aromatic rings. The van der Waals surface area contributed by atoms with Crippen LogP contribution in [0.4, 0.5) is 5.69 Å². The number of carboxylic acids is 1. The lowest BCUT2D eigenvalue weighted by atomic mass is 10.2. The highest BCUT2D eigenvalue weighted by Crippen LogP contribution is 2.09. The van der Waals surface area contributed by atoms with Crippen molar-refractivity contribution in [3.05, 3.63) is 62.4 Å². The molecule has 20 heavy (non-hydrogen) atoms. The van der Waals surface area contributed by atoms with Crippen molar-refractivity contribution in [2.24, 2.45) is 5.10 Å². The van der Waals surface area contributed by atoms with Gasteiger partial charge >= 0.3 is 11.7 Å². The van der Waals surface area contributed by atoms with Crippen LogP contribution in [0.15, 0.2) is 45.0 Å². The van der Waals surface area contributed by atoms with Crippen LogP contribution in [0.3, 0.4) is 0 Å². The first-order chi connectivity index (χ1) is 9.54. The molecule has 0 bridgehead atoms. The summed E-state index contributed by atoms with van der Waals surface area (Å²) in [6.45, 7) is 0. The number of aromatic carboxylic acids is 1. The first-order valence-electron chi connectivity index (χ1n) is 5.51. The van der Waals surface area contributed by atoms with Crippen molar-refractivity contribution < 1.29 is 9.90 Å². The van der Waals surface area contributed by atoms with Gasteiger partial charge in [-0.15, -0.1) is 0 Å². The minimum atomic E-state index is -1.01. The van der Waals surface area contributed by atoms with Crippen LogP contribution in [-0.4, -0.2) is 27.3 Å². The standard InChI is InChI=1S/C12H10N4O4/c17-10-5-9(14-12(20)15-10)6-13-16-8-3-1-7(2-4-8)11(18)19/h1-6,16H,(H,18,19)(H2,14,15,17,20). The molecule has 0 aliphatic heterocycles. The Morgan fingerprint density at radius 1 is 1.20 bits per heavy atom. The fourth-order valence-electron chi connectivity index (χ4n) is 1.42. The first kappa shape index (κ1) is 13.3. The lowest BCUT2D eigenvalue weighted by Gasteiger charge is -2.00. The fraction of sp³-hybridized carbons (Fsp3) is 0. The molecular weight excluding hydrogens is 264 g/mol. The van der Waals surface area contributed by atoms with Crippen molar-refractivity contribution in [2.75, 3.05) is 5.43 Å². The maximum absolute atomic E-state index is 11.0. The van der Waals surface area contributed by atoms with Gasteiger partial charge in [0.1, 0.15) is 0 Å². The molecule has 1 aromatic carbocycles. The van der Waals surface area contributed by atoms with Crippen molar-refractivity contribution in [1.29, 1.82) is 0 Å². The SMILES string of the molecule is O=C(O)c1ccc(NN=Cc2cc(=O)[nH]c(=O)[nH]2)cc1. The molecule has 8 nitrogen and oxygen atoms in total. The number of benzene rings is 1. The topological polar surface area (TPSA) is 127 Å². The molecule has 1 heterocycles. The Bertz CT molecular complexity index is 730. The zero-order valence-corrected chi connectivity index (χ0v) is 10.1. The molecule has 0 aliphatic rings. The van der Waals surface area contributed by atoms with Gasteiger partial charge in [0, 0.05) is 6.07 Å². The van der Waals surface area contributed by atoms with Gasteiger partial charge in [-0.2, -0.15) is 5.10 Å². The van der Waals surface area contributed by atoms with E-state index in [0.717, 1.165) is 0 Å². The van der Waals surface area contributed by atoms with Crippen molar-refractivity contribution in [2.45, 2.75) is 0 Å². The Morgan fingerprint density at radius 3 is 2.50 bits per heavy atom. The average Bonchev–Trinajstić information content (AvgIpc) is 2.38. The van der Waals surface area contributed by atoms with E-state index in [9.17, 15) is 14.4 Å². The molecule has 0 atom stereocenters. The summed E-state index contributed by atoms with van der Waals surface area (Å²) < 4.78 is 0. The van der Waals surface area contributed by atoms with E-state index in [2.05, 4.69) is 15.5 Å². The predicted octanol–water partition coefficient (Wildman–Crippen LogP) is 0.207. The zero-order valence-electron chi connectivity index (χ0n) is 10.1. The summed E-state index contributed by atoms with van der Waals surface area (Å²) in [6, 6.07) is 7.12. The summed E-state index contributed by atoms with van der Waals surface area (Å²) in [5.74, 6) is -1.01. The number of carbonyl (C=O) groups is 1. The van der Waals surface area contributed by atoms with Gasteiger partial charge in [0.05, 0.1) is 23.2 Å². The second-order valence-corrected chi connectivity index (χ2v) is 3.80. The smallest absolute Gasteiger partial charge is 0.335 e. The molecule has 1 aromatic heterocycles. The lowest BCUT2D eigenvalue weighted by Crippen LogP contribution is -2.22. The first-order valence-corrected chi connectivity index (χ1v) is 5.51. The fourth-order valence-corrected chi connectivity index (χ4v) is 1.42. The van der Waals surface area contributed by atoms with E-state index < -0.39 is 17.2 Å². The molecular formula is C12H10N4O4. The van der Waals surface area contributed by atoms with Crippen LogP contribution < -0.4 is 16.7 Å². The van der Waals surface area contributed by atoms with Crippen molar-refractivity contribution >= 4 is 17.9 Å². The third-order valence-electron chi connectivity index (χ3n) is 2.31. The summed E-state index contributed by atoms with van der Waals surface area (Å²) in [5, 5.41) is 12.6. The van der Waals surface area contributed by atoms with Crippen molar-refractivity contribution in [3.8, 4) is 0 Å². The van der Waals surface area contributed by atoms with E-state index in [1.165, 1.54) is 24.4 Å². The third kappa shape index (κ3) is 3.42. The predicted molar refractivity (Wildman–Crippen MR) is 72.3 cm³/mol. The van der Waals surface area contributed by atoms with Crippen LogP contribution in [0.2, 0.25) is 0 Å². The Labute approximate surface area is 111 Å². The Hall–Kier alpha value is -3.16. The molecule has 2 rings (SSSR count). The Kier molecular flexibility index (Phi) is 3.75. The number of hydrogen-bond acceptors (Lipinski definition) is 5. The van der Waals surface area contributed by atoms with Crippen LogP contribution in [-0.2, 0) is 0 Å². The van der Waals surface area contributed by atoms with Gasteiger partial charge in [-0.1, -0.05) is 0 Å². The van der Waals surface area contributed by atoms with Crippen LogP contribution in [0.1, 0.15) is 16.1 Å². The lowest BCUT2D eigenvalue weighted by molar-refractivity contribution is 0.0697. The van der Waals surface area contributed by atoms with Gasteiger partial charge in [0.15, 0.2) is 0 Å². The molecule has 8 heteroatoms. The van der Waals surface area contributed by atoms with Crippen molar-refractivity contribution in [3.63, 3.8) is 0 Å². The number of aromatic nitrogens is 2. The minimum Gasteiger partial charge on any atom is -0.478 e. The van der Waals surface area contributed by atoms with E-state index in [4.69, 9.17) is 5.11 Å². The highest BCUT2D eigenvalue weighted by atomic mass is 16.4. The van der Waals surface area contributed by atoms with Crippen LogP contribution in [0, 0.1) is 0 Å². The number of hydrazone groups is 1. The third-order valence-corrected chi connectivity index (χ3v) is 2.31. The van der Waals surface area contributed by atoms with Gasteiger partial charge < -0.3 is 10.1 Å². The molecule has 0 spiro atoms. The number of H-pyrrole nitrogens is 2. The number of rotatable bonds is 4. The summed E-state index contributed by atoms with van der Waals surface area (Å²) in [5.41, 5.74) is 2.47. The van der Waals surface area contributed by atoms with Crippen LogP contribution in [0.5, 0.6) is 0 Å². The Morgan fingerprint density at radius 2 is 1.90 bits per heavy atom. The Balaban J connectivity index is 2.07. The minimum absolute atomic E-state index is 0.165. The zero-order chi connectivity index (χ0) is 14.5. The number of nitrogens with one attached hydrogen (secondary N) is 3. The summed E-state index contributed by atoms with van der Waals surface area (Å²) in [7, 11) is 0. The average molecular weight is 274 g/mol. The normalized spacial score (nSPS) is 10.6. The summed E-state index contributed by atoms with van der Waals surface area (Å²) >= 11 is 0. The molecule has 4 N–H and O–H groups in total. The highest BCUT2D eigenvalue weighted by molar-refractivity contribution is 5.88. The number of hydrogen-bond donors (Lipinski definition) is 4. The van der Waals surface area contributed by atoms with Gasteiger partial charge in [0.25, 0.3) is 5.56 Å². The van der Waals surface area contributed by atoms with Gasteiger partial charge in [0.2, 0.25) is 0 Å². The molecule has 0 aliphatic carbocycles. The van der Waals surface area contributed by atoms with E-state index in [1.54, 1.807) is 12.1 Å². The maximum Gasteiger partial charge on any atom is 0.335 e. The maximum atomic E-state index is 11.0. The monoisotopic (exact) mass is 274 g/mol. The number of nitrogens with zero attached hydrogens (tertiary/aromatic N) is 1. The quantitative estimate of drug-likeness (QED) is 0.468. The molecule has 0 fully saturated rings. The molecule has 0 saturated heterocycles. The van der Waals surface area contributed by atoms with E-state index in [0.29, 0.717) is 5.69 Å². The highest BCUT2D eigenvalue weighted by Gasteiger charge is 2.00. The molecule has 0 saturated carbocycles. The number of anilines is 1. The number of carboxylic acid groups (broad SMARTS) is 1. The van der Waals surface area contributed by atoms with E-state index in [-0.39, 0.29) is 11.3 Å². The second-order valence-electron chi connectivity index (χ2n) is 3.80. The van der Waals surface area contributed by atoms with Gasteiger partial charge in [-0.05, 0) is 24.3 Å². The van der Waals surface area contributed by atoms with Crippen LogP contribution in [0.25, 0.3) is 0 Å². The summed E-state index contributed by atoms with van der Waals surface area (Å²) in [4.78, 5) is 37.1. The number of aromatic amines is 2. The van der Waals surface area contributed by atoms with E-state index in [1.807, 2.05) is 4.98 Å². The molecule has 0 radical (unpaired) electrons. The molecule has 0 unspecified atom stereocenters. The van der Waals surface area contributed by atoms with Crippen molar-refractivity contribution in [1.82, 2.24) is 9.97 Å². The largest absolute Gasteiger partial charge is 0.478 e. The summed E-state index contributed by atoms with van der Waals surface area (Å²) in [6.07, 6.45) is 1.27. The second kappa shape index (κ2) is 5.65. The molecule has 102 valence electrons. The van der Waals surface area contributed by atoms with Crippen LogP contribution >= 0.6 is 0 Å². The molecule has 0 amide bonds.